The van der Waals surface area contributed by atoms with Crippen molar-refractivity contribution in [3.05, 3.63) is 60.0 Å². The van der Waals surface area contributed by atoms with Crippen molar-refractivity contribution < 1.29 is 13.9 Å². The third-order valence-corrected chi connectivity index (χ3v) is 5.01. The Balaban J connectivity index is 1.47. The normalized spacial score (nSPS) is 17.2. The van der Waals surface area contributed by atoms with Crippen LogP contribution in [0.4, 0.5) is 0 Å². The summed E-state index contributed by atoms with van der Waals surface area (Å²) in [6.45, 7) is 1.68. The van der Waals surface area contributed by atoms with E-state index in [-0.39, 0.29) is 0 Å². The zero-order valence-electron chi connectivity index (χ0n) is 15.6. The molecule has 1 atom stereocenters. The number of hydrogen-bond acceptors (Lipinski definition) is 6. The summed E-state index contributed by atoms with van der Waals surface area (Å²) in [4.78, 5) is 2.40. The lowest BCUT2D eigenvalue weighted by Gasteiger charge is -2.23. The van der Waals surface area contributed by atoms with E-state index in [0.717, 1.165) is 36.4 Å². The van der Waals surface area contributed by atoms with Crippen molar-refractivity contribution in [2.24, 2.45) is 0 Å². The molecule has 1 fully saturated rings. The quantitative estimate of drug-likeness (QED) is 0.656. The Bertz CT molecular complexity index is 874. The van der Waals surface area contributed by atoms with Gasteiger partial charge in [-0.15, -0.1) is 10.2 Å². The Kier molecular flexibility index (Phi) is 5.07. The molecule has 1 aliphatic heterocycles. The van der Waals surface area contributed by atoms with Gasteiger partial charge in [0.2, 0.25) is 11.8 Å². The lowest BCUT2D eigenvalue weighted by Crippen LogP contribution is -2.22. The van der Waals surface area contributed by atoms with Crippen molar-refractivity contribution in [1.29, 1.82) is 0 Å². The predicted octanol–water partition coefficient (Wildman–Crippen LogP) is 4.09. The van der Waals surface area contributed by atoms with Crippen molar-refractivity contribution in [1.82, 2.24) is 15.1 Å². The van der Waals surface area contributed by atoms with Gasteiger partial charge in [-0.1, -0.05) is 12.1 Å². The average Bonchev–Trinajstić information content (AvgIpc) is 3.38. The molecule has 3 aromatic rings. The SMILES string of the molecule is COc1ccc(-c2nnc(CN3CCCC3c3ccc(OC)cc3)o2)cc1. The van der Waals surface area contributed by atoms with Gasteiger partial charge in [-0.25, -0.2) is 0 Å². The molecule has 0 aliphatic carbocycles. The molecule has 1 unspecified atom stereocenters. The third kappa shape index (κ3) is 3.80. The van der Waals surface area contributed by atoms with Crippen molar-refractivity contribution in [2.45, 2.75) is 25.4 Å². The Morgan fingerprint density at radius 3 is 2.30 bits per heavy atom. The van der Waals surface area contributed by atoms with Crippen LogP contribution < -0.4 is 9.47 Å². The zero-order valence-corrected chi connectivity index (χ0v) is 15.6. The van der Waals surface area contributed by atoms with Gasteiger partial charge in [-0.05, 0) is 61.3 Å². The number of hydrogen-bond donors (Lipinski definition) is 0. The van der Waals surface area contributed by atoms with Crippen LogP contribution in [0, 0.1) is 0 Å². The molecule has 0 N–H and O–H groups in total. The molecule has 0 spiro atoms. The van der Waals surface area contributed by atoms with Crippen LogP contribution in [0.2, 0.25) is 0 Å². The predicted molar refractivity (Wildman–Crippen MR) is 102 cm³/mol. The Hall–Kier alpha value is -2.86. The number of rotatable bonds is 6. The highest BCUT2D eigenvalue weighted by molar-refractivity contribution is 5.53. The van der Waals surface area contributed by atoms with E-state index < -0.39 is 0 Å². The van der Waals surface area contributed by atoms with E-state index in [2.05, 4.69) is 27.2 Å². The maximum atomic E-state index is 5.90. The molecule has 6 heteroatoms. The molecule has 0 amide bonds. The number of methoxy groups -OCH3 is 2. The van der Waals surface area contributed by atoms with Crippen LogP contribution in [-0.4, -0.2) is 35.9 Å². The Labute approximate surface area is 158 Å². The lowest BCUT2D eigenvalue weighted by atomic mass is 10.0. The van der Waals surface area contributed by atoms with Crippen LogP contribution in [-0.2, 0) is 6.54 Å². The van der Waals surface area contributed by atoms with Crippen LogP contribution >= 0.6 is 0 Å². The topological polar surface area (TPSA) is 60.6 Å². The maximum absolute atomic E-state index is 5.90. The first kappa shape index (κ1) is 17.5. The van der Waals surface area contributed by atoms with Crippen molar-refractivity contribution in [2.75, 3.05) is 20.8 Å². The largest absolute Gasteiger partial charge is 0.497 e. The molecule has 4 rings (SSSR count). The molecule has 6 nitrogen and oxygen atoms in total. The number of nitrogens with zero attached hydrogens (tertiary/aromatic N) is 3. The molecule has 2 heterocycles. The van der Waals surface area contributed by atoms with Gasteiger partial charge in [0.05, 0.1) is 20.8 Å². The van der Waals surface area contributed by atoms with E-state index in [1.54, 1.807) is 14.2 Å². The Morgan fingerprint density at radius 1 is 0.963 bits per heavy atom. The zero-order chi connectivity index (χ0) is 18.6. The van der Waals surface area contributed by atoms with E-state index in [0.29, 0.717) is 24.4 Å². The minimum absolute atomic E-state index is 0.368. The van der Waals surface area contributed by atoms with E-state index in [4.69, 9.17) is 13.9 Å². The van der Waals surface area contributed by atoms with Crippen LogP contribution in [0.25, 0.3) is 11.5 Å². The number of ether oxygens (including phenoxy) is 2. The minimum Gasteiger partial charge on any atom is -0.497 e. The summed E-state index contributed by atoms with van der Waals surface area (Å²) in [7, 11) is 3.34. The highest BCUT2D eigenvalue weighted by Crippen LogP contribution is 2.34. The summed E-state index contributed by atoms with van der Waals surface area (Å²) < 4.78 is 16.3. The highest BCUT2D eigenvalue weighted by atomic mass is 16.5. The number of likely N-dealkylation sites (tertiary alicyclic amines) is 1. The summed E-state index contributed by atoms with van der Waals surface area (Å²) in [6, 6.07) is 16.3. The van der Waals surface area contributed by atoms with Gasteiger partial charge in [0.25, 0.3) is 0 Å². The average molecular weight is 365 g/mol. The van der Waals surface area contributed by atoms with E-state index in [1.807, 2.05) is 36.4 Å². The standard InChI is InChI=1S/C21H23N3O3/c1-25-17-9-5-15(6-10-17)19-4-3-13-24(19)14-20-22-23-21(27-20)16-7-11-18(26-2)12-8-16/h5-12,19H,3-4,13-14H2,1-2H3. The molecule has 1 aliphatic rings. The summed E-state index contributed by atoms with van der Waals surface area (Å²) in [6.07, 6.45) is 2.29. The molecule has 1 saturated heterocycles. The Morgan fingerprint density at radius 2 is 1.63 bits per heavy atom. The number of aromatic nitrogens is 2. The molecule has 1 aromatic heterocycles. The van der Waals surface area contributed by atoms with Crippen LogP contribution in [0.15, 0.2) is 52.9 Å². The number of benzene rings is 2. The monoisotopic (exact) mass is 365 g/mol. The molecule has 0 saturated carbocycles. The fourth-order valence-corrected chi connectivity index (χ4v) is 3.56. The third-order valence-electron chi connectivity index (χ3n) is 5.01. The van der Waals surface area contributed by atoms with Gasteiger partial charge in [-0.3, -0.25) is 4.90 Å². The fraction of sp³-hybridized carbons (Fsp3) is 0.333. The molecule has 2 aromatic carbocycles. The van der Waals surface area contributed by atoms with Gasteiger partial charge in [-0.2, -0.15) is 0 Å². The van der Waals surface area contributed by atoms with E-state index in [9.17, 15) is 0 Å². The smallest absolute Gasteiger partial charge is 0.247 e. The summed E-state index contributed by atoms with van der Waals surface area (Å²) in [5.74, 6) is 2.86. The highest BCUT2D eigenvalue weighted by Gasteiger charge is 2.27. The van der Waals surface area contributed by atoms with Gasteiger partial charge in [0, 0.05) is 11.6 Å². The van der Waals surface area contributed by atoms with Gasteiger partial charge < -0.3 is 13.9 Å². The summed E-state index contributed by atoms with van der Waals surface area (Å²) in [5, 5.41) is 8.45. The second-order valence-corrected chi connectivity index (χ2v) is 6.63. The second-order valence-electron chi connectivity index (χ2n) is 6.63. The molecular formula is C21H23N3O3. The maximum Gasteiger partial charge on any atom is 0.247 e. The first-order valence-corrected chi connectivity index (χ1v) is 9.11. The van der Waals surface area contributed by atoms with Gasteiger partial charge >= 0.3 is 0 Å². The van der Waals surface area contributed by atoms with Gasteiger partial charge in [0.1, 0.15) is 11.5 Å². The summed E-state index contributed by atoms with van der Waals surface area (Å²) >= 11 is 0. The molecule has 0 radical (unpaired) electrons. The second kappa shape index (κ2) is 7.80. The molecule has 27 heavy (non-hydrogen) atoms. The minimum atomic E-state index is 0.368. The van der Waals surface area contributed by atoms with Crippen LogP contribution in [0.3, 0.4) is 0 Å². The van der Waals surface area contributed by atoms with Crippen molar-refractivity contribution in [3.8, 4) is 23.0 Å². The van der Waals surface area contributed by atoms with Crippen molar-refractivity contribution in [3.63, 3.8) is 0 Å². The van der Waals surface area contributed by atoms with Crippen LogP contribution in [0.1, 0.15) is 30.3 Å². The molecule has 140 valence electrons. The molecular weight excluding hydrogens is 342 g/mol. The summed E-state index contributed by atoms with van der Waals surface area (Å²) in [5.41, 5.74) is 2.19. The van der Waals surface area contributed by atoms with E-state index >= 15 is 0 Å². The first-order chi connectivity index (χ1) is 13.3. The first-order valence-electron chi connectivity index (χ1n) is 9.11. The van der Waals surface area contributed by atoms with Gasteiger partial charge in [0.15, 0.2) is 0 Å². The molecule has 0 bridgehead atoms. The van der Waals surface area contributed by atoms with Crippen LogP contribution in [0.5, 0.6) is 11.5 Å². The van der Waals surface area contributed by atoms with E-state index in [1.165, 1.54) is 5.56 Å². The van der Waals surface area contributed by atoms with Crippen molar-refractivity contribution >= 4 is 0 Å². The lowest BCUT2D eigenvalue weighted by molar-refractivity contribution is 0.224. The fourth-order valence-electron chi connectivity index (χ4n) is 3.56.